The average molecular weight is 502 g/mol. The third-order valence-corrected chi connectivity index (χ3v) is 7.34. The van der Waals surface area contributed by atoms with Crippen molar-refractivity contribution >= 4 is 35.1 Å². The molecule has 1 aromatic carbocycles. The van der Waals surface area contributed by atoms with Gasteiger partial charge in [0.15, 0.2) is 11.5 Å². The van der Waals surface area contributed by atoms with Gasteiger partial charge in [-0.3, -0.25) is 19.8 Å². The lowest BCUT2D eigenvalue weighted by atomic mass is 9.98. The molecule has 3 fully saturated rings. The summed E-state index contributed by atoms with van der Waals surface area (Å²) in [6.07, 6.45) is 8.39. The van der Waals surface area contributed by atoms with Gasteiger partial charge < -0.3 is 14.8 Å². The zero-order chi connectivity index (χ0) is 25.0. The number of nitrogens with one attached hydrogen (secondary N) is 2. The van der Waals surface area contributed by atoms with Crippen molar-refractivity contribution < 1.29 is 23.9 Å². The fraction of sp³-hybridized carbons (Fsp3) is 0.577. The lowest BCUT2D eigenvalue weighted by Crippen LogP contribution is -2.57. The molecule has 1 saturated carbocycles. The van der Waals surface area contributed by atoms with Gasteiger partial charge in [-0.15, -0.1) is 0 Å². The van der Waals surface area contributed by atoms with E-state index in [-0.39, 0.29) is 22.8 Å². The van der Waals surface area contributed by atoms with Crippen molar-refractivity contribution in [3.63, 3.8) is 0 Å². The molecular weight excluding hydrogens is 466 g/mol. The number of imide groups is 1. The van der Waals surface area contributed by atoms with Gasteiger partial charge in [0.05, 0.1) is 11.0 Å². The average Bonchev–Trinajstić information content (AvgIpc) is 3.13. The van der Waals surface area contributed by atoms with Crippen LogP contribution in [0, 0.1) is 0 Å². The Labute approximate surface area is 211 Å². The number of ether oxygens (including phenoxy) is 2. The highest BCUT2D eigenvalue weighted by Gasteiger charge is 2.36. The predicted octanol–water partition coefficient (Wildman–Crippen LogP) is 5.07. The van der Waals surface area contributed by atoms with Gasteiger partial charge in [0.25, 0.3) is 11.1 Å². The Morgan fingerprint density at radius 1 is 1.11 bits per heavy atom. The molecule has 2 heterocycles. The summed E-state index contributed by atoms with van der Waals surface area (Å²) in [6, 6.07) is 5.39. The molecule has 0 aromatic heterocycles. The molecule has 4 rings (SSSR count). The molecule has 1 atom stereocenters. The van der Waals surface area contributed by atoms with Crippen LogP contribution in [0.15, 0.2) is 23.1 Å². The number of thioether (sulfide) groups is 1. The number of carbonyl (C=O) groups is 3. The van der Waals surface area contributed by atoms with E-state index in [9.17, 15) is 14.4 Å². The van der Waals surface area contributed by atoms with Gasteiger partial charge in [-0.05, 0) is 89.7 Å². The standard InChI is InChI=1S/C26H35N3O5S/c1-26(2,3)29(18-10-8-14-27-16-18)25(32)34-22-17(15-21-23(30)28-24(31)35-21)9-7-13-20(22)33-19-11-5-4-6-12-19/h7,9,13,15,18-19,27H,4-6,8,10-12,14,16H2,1-3H3,(H,28,30,31). The van der Waals surface area contributed by atoms with Crippen molar-refractivity contribution in [2.45, 2.75) is 83.4 Å². The first-order valence-electron chi connectivity index (χ1n) is 12.5. The maximum atomic E-state index is 13.7. The first kappa shape index (κ1) is 25.6. The summed E-state index contributed by atoms with van der Waals surface area (Å²) in [5, 5.41) is 5.23. The van der Waals surface area contributed by atoms with Crippen LogP contribution in [0.25, 0.3) is 6.08 Å². The first-order valence-corrected chi connectivity index (χ1v) is 13.3. The monoisotopic (exact) mass is 501 g/mol. The van der Waals surface area contributed by atoms with Crippen LogP contribution in [0.3, 0.4) is 0 Å². The fourth-order valence-corrected chi connectivity index (χ4v) is 5.61. The van der Waals surface area contributed by atoms with Crippen LogP contribution in [-0.4, -0.2) is 52.9 Å². The van der Waals surface area contributed by atoms with Gasteiger partial charge in [-0.2, -0.15) is 0 Å². The van der Waals surface area contributed by atoms with Crippen molar-refractivity contribution in [1.82, 2.24) is 15.5 Å². The quantitative estimate of drug-likeness (QED) is 0.544. The summed E-state index contributed by atoms with van der Waals surface area (Å²) >= 11 is 0.832. The number of piperidine rings is 1. The molecule has 0 spiro atoms. The number of para-hydroxylation sites is 1. The normalized spacial score (nSPS) is 22.7. The summed E-state index contributed by atoms with van der Waals surface area (Å²) in [5.74, 6) is 0.298. The van der Waals surface area contributed by atoms with E-state index in [1.807, 2.05) is 26.8 Å². The zero-order valence-corrected chi connectivity index (χ0v) is 21.5. The number of hydrogen-bond acceptors (Lipinski definition) is 7. The van der Waals surface area contributed by atoms with Gasteiger partial charge in [0, 0.05) is 23.7 Å². The minimum absolute atomic E-state index is 0.0123. The maximum absolute atomic E-state index is 13.7. The van der Waals surface area contributed by atoms with Crippen LogP contribution < -0.4 is 20.1 Å². The molecule has 35 heavy (non-hydrogen) atoms. The van der Waals surface area contributed by atoms with Crippen LogP contribution >= 0.6 is 11.8 Å². The van der Waals surface area contributed by atoms with Gasteiger partial charge >= 0.3 is 6.09 Å². The molecule has 2 aliphatic heterocycles. The van der Waals surface area contributed by atoms with E-state index in [2.05, 4.69) is 10.6 Å². The van der Waals surface area contributed by atoms with E-state index in [0.717, 1.165) is 56.8 Å². The van der Waals surface area contributed by atoms with Crippen LogP contribution in [-0.2, 0) is 4.79 Å². The number of carbonyl (C=O) groups excluding carboxylic acids is 3. The Bertz CT molecular complexity index is 991. The SMILES string of the molecule is CC(C)(C)N(C(=O)Oc1c(C=C2SC(=O)NC2=O)cccc1OC1CCCCC1)C1CCCNC1. The highest BCUT2D eigenvalue weighted by Crippen LogP contribution is 2.38. The lowest BCUT2D eigenvalue weighted by Gasteiger charge is -2.42. The highest BCUT2D eigenvalue weighted by atomic mass is 32.2. The third-order valence-electron chi connectivity index (χ3n) is 6.53. The van der Waals surface area contributed by atoms with E-state index >= 15 is 0 Å². The van der Waals surface area contributed by atoms with E-state index in [0.29, 0.717) is 17.9 Å². The third kappa shape index (κ3) is 6.38. The summed E-state index contributed by atoms with van der Waals surface area (Å²) in [4.78, 5) is 39.6. The zero-order valence-electron chi connectivity index (χ0n) is 20.7. The summed E-state index contributed by atoms with van der Waals surface area (Å²) in [5.41, 5.74) is 0.0706. The van der Waals surface area contributed by atoms with Crippen LogP contribution in [0.2, 0.25) is 0 Å². The molecule has 2 saturated heterocycles. The number of benzene rings is 1. The number of nitrogens with zero attached hydrogens (tertiary/aromatic N) is 1. The molecule has 8 nitrogen and oxygen atoms in total. The molecule has 9 heteroatoms. The number of hydrogen-bond donors (Lipinski definition) is 2. The molecular formula is C26H35N3O5S. The fourth-order valence-electron chi connectivity index (χ4n) is 4.93. The maximum Gasteiger partial charge on any atom is 0.416 e. The van der Waals surface area contributed by atoms with Gasteiger partial charge in [0.2, 0.25) is 0 Å². The second-order valence-electron chi connectivity index (χ2n) is 10.3. The molecule has 3 amide bonds. The van der Waals surface area contributed by atoms with Gasteiger partial charge in [-0.25, -0.2) is 4.79 Å². The van der Waals surface area contributed by atoms with E-state index in [1.54, 1.807) is 23.1 Å². The molecule has 190 valence electrons. The Balaban J connectivity index is 1.68. The van der Waals surface area contributed by atoms with Crippen molar-refractivity contribution in [3.05, 3.63) is 28.7 Å². The minimum Gasteiger partial charge on any atom is -0.486 e. The second-order valence-corrected chi connectivity index (χ2v) is 11.3. The molecule has 0 radical (unpaired) electrons. The molecule has 1 aromatic rings. The van der Waals surface area contributed by atoms with Crippen molar-refractivity contribution in [2.24, 2.45) is 0 Å². The Morgan fingerprint density at radius 2 is 1.89 bits per heavy atom. The van der Waals surface area contributed by atoms with Gasteiger partial charge in [0.1, 0.15) is 0 Å². The first-order chi connectivity index (χ1) is 16.7. The van der Waals surface area contributed by atoms with Crippen molar-refractivity contribution in [3.8, 4) is 11.5 Å². The molecule has 1 aliphatic carbocycles. The lowest BCUT2D eigenvalue weighted by molar-refractivity contribution is -0.115. The van der Waals surface area contributed by atoms with Crippen LogP contribution in [0.4, 0.5) is 9.59 Å². The van der Waals surface area contributed by atoms with Crippen molar-refractivity contribution in [1.29, 1.82) is 0 Å². The van der Waals surface area contributed by atoms with Gasteiger partial charge in [-0.1, -0.05) is 18.6 Å². The van der Waals surface area contributed by atoms with E-state index in [1.165, 1.54) is 6.42 Å². The summed E-state index contributed by atoms with van der Waals surface area (Å²) < 4.78 is 12.4. The minimum atomic E-state index is -0.458. The molecule has 3 aliphatic rings. The number of amides is 3. The number of rotatable bonds is 5. The predicted molar refractivity (Wildman–Crippen MR) is 137 cm³/mol. The Kier molecular flexibility index (Phi) is 8.06. The Morgan fingerprint density at radius 3 is 2.51 bits per heavy atom. The molecule has 1 unspecified atom stereocenters. The van der Waals surface area contributed by atoms with Crippen molar-refractivity contribution in [2.75, 3.05) is 13.1 Å². The van der Waals surface area contributed by atoms with Crippen LogP contribution in [0.5, 0.6) is 11.5 Å². The summed E-state index contributed by atoms with van der Waals surface area (Å²) in [6.45, 7) is 7.66. The molecule has 0 bridgehead atoms. The van der Waals surface area contributed by atoms with Crippen LogP contribution in [0.1, 0.15) is 71.3 Å². The van der Waals surface area contributed by atoms with E-state index in [4.69, 9.17) is 9.47 Å². The Hall–Kier alpha value is -2.52. The topological polar surface area (TPSA) is 97.0 Å². The molecule has 2 N–H and O–H groups in total. The smallest absolute Gasteiger partial charge is 0.416 e. The highest BCUT2D eigenvalue weighted by molar-refractivity contribution is 8.18. The summed E-state index contributed by atoms with van der Waals surface area (Å²) in [7, 11) is 0. The largest absolute Gasteiger partial charge is 0.486 e. The van der Waals surface area contributed by atoms with E-state index < -0.39 is 22.8 Å². The second kappa shape index (κ2) is 11.0.